The van der Waals surface area contributed by atoms with E-state index in [0.717, 1.165) is 25.7 Å². The molecule has 0 aliphatic heterocycles. The molecule has 1 aliphatic carbocycles. The van der Waals surface area contributed by atoms with Gasteiger partial charge in [0.25, 0.3) is 0 Å². The molecule has 0 bridgehead atoms. The Balaban J connectivity index is 0.00000169. The molecule has 0 amide bonds. The molecule has 2 aromatic rings. The van der Waals surface area contributed by atoms with E-state index in [1.165, 1.54) is 0 Å². The molecule has 0 heterocycles. The zero-order valence-electron chi connectivity index (χ0n) is 14.2. The summed E-state index contributed by atoms with van der Waals surface area (Å²) in [6, 6.07) is 17.4. The molecule has 0 spiro atoms. The molecule has 0 saturated heterocycles. The van der Waals surface area contributed by atoms with Crippen LogP contribution in [0.2, 0.25) is 0 Å². The van der Waals surface area contributed by atoms with Crippen LogP contribution in [-0.4, -0.2) is 17.0 Å². The first-order valence-corrected chi connectivity index (χ1v) is 8.22. The van der Waals surface area contributed by atoms with E-state index in [2.05, 4.69) is 0 Å². The molecule has 0 radical (unpaired) electrons. The van der Waals surface area contributed by atoms with Crippen LogP contribution in [0.25, 0.3) is 0 Å². The number of hydrogen-bond donors (Lipinski definition) is 1. The second kappa shape index (κ2) is 9.74. The highest BCUT2D eigenvalue weighted by molar-refractivity contribution is 8.93. The molecule has 1 aliphatic rings. The molecule has 1 N–H and O–H groups in total. The fourth-order valence-corrected chi connectivity index (χ4v) is 3.52. The van der Waals surface area contributed by atoms with Crippen molar-refractivity contribution in [3.8, 4) is 0 Å². The fraction of sp³-hybridized carbons (Fsp3) is 0.300. The van der Waals surface area contributed by atoms with Crippen molar-refractivity contribution in [1.29, 1.82) is 0 Å². The molecule has 26 heavy (non-hydrogen) atoms. The van der Waals surface area contributed by atoms with Crippen LogP contribution in [0.5, 0.6) is 0 Å². The van der Waals surface area contributed by atoms with Crippen LogP contribution in [0, 0.1) is 5.92 Å². The third-order valence-electron chi connectivity index (χ3n) is 4.71. The fourth-order valence-electron chi connectivity index (χ4n) is 3.52. The van der Waals surface area contributed by atoms with Crippen molar-refractivity contribution in [2.75, 3.05) is 0 Å². The maximum Gasteiger partial charge on any atom is 0.353 e. The Morgan fingerprint density at radius 1 is 0.923 bits per heavy atom. The van der Waals surface area contributed by atoms with Gasteiger partial charge in [0.1, 0.15) is 0 Å². The van der Waals surface area contributed by atoms with Crippen LogP contribution in [0.1, 0.15) is 41.6 Å². The van der Waals surface area contributed by atoms with E-state index in [-0.39, 0.29) is 35.3 Å². The molecule has 0 aromatic heterocycles. The number of hydrogen-bond acceptors (Lipinski definition) is 3. The van der Waals surface area contributed by atoms with Crippen LogP contribution in [-0.2, 0) is 15.1 Å². The van der Waals surface area contributed by atoms with Crippen molar-refractivity contribution in [2.24, 2.45) is 5.92 Å². The highest BCUT2D eigenvalue weighted by Crippen LogP contribution is 2.44. The van der Waals surface area contributed by atoms with Gasteiger partial charge in [-0.3, -0.25) is 0 Å². The third kappa shape index (κ3) is 4.27. The van der Waals surface area contributed by atoms with E-state index in [4.69, 9.17) is 4.74 Å². The van der Waals surface area contributed by atoms with Gasteiger partial charge in [-0.1, -0.05) is 61.4 Å². The zero-order chi connectivity index (χ0) is 17.0. The highest BCUT2D eigenvalue weighted by atomic mass is 79.9. The summed E-state index contributed by atoms with van der Waals surface area (Å²) in [4.78, 5) is 24.9. The smallest absolute Gasteiger partial charge is 0.353 e. The molecule has 4 nitrogen and oxygen atoms in total. The van der Waals surface area contributed by atoms with Gasteiger partial charge in [0.15, 0.2) is 0 Å². The molecule has 3 rings (SSSR count). The SMILES string of the molecule is Br.Cl.O=C(OC(C(=O)O)(c1ccccc1)C1CCCC1)c1ccccc1. The van der Waals surface area contributed by atoms with E-state index >= 15 is 0 Å². The van der Waals surface area contributed by atoms with Crippen molar-refractivity contribution in [3.63, 3.8) is 0 Å². The molecular formula is C20H22BrClO4. The second-order valence-electron chi connectivity index (χ2n) is 6.14. The minimum absolute atomic E-state index is 0. The summed E-state index contributed by atoms with van der Waals surface area (Å²) in [5.74, 6) is -1.93. The Morgan fingerprint density at radius 3 is 1.92 bits per heavy atom. The molecule has 2 aromatic carbocycles. The lowest BCUT2D eigenvalue weighted by Crippen LogP contribution is -2.46. The van der Waals surface area contributed by atoms with Crippen molar-refractivity contribution in [2.45, 2.75) is 31.3 Å². The lowest BCUT2D eigenvalue weighted by molar-refractivity contribution is -0.167. The number of aliphatic carboxylic acids is 1. The zero-order valence-corrected chi connectivity index (χ0v) is 16.7. The quantitative estimate of drug-likeness (QED) is 0.662. The monoisotopic (exact) mass is 440 g/mol. The van der Waals surface area contributed by atoms with E-state index in [9.17, 15) is 14.7 Å². The van der Waals surface area contributed by atoms with Gasteiger partial charge < -0.3 is 9.84 Å². The van der Waals surface area contributed by atoms with Crippen LogP contribution in [0.4, 0.5) is 0 Å². The van der Waals surface area contributed by atoms with Gasteiger partial charge in [-0.05, 0) is 25.0 Å². The van der Waals surface area contributed by atoms with Gasteiger partial charge in [0.05, 0.1) is 5.56 Å². The topological polar surface area (TPSA) is 63.6 Å². The lowest BCUT2D eigenvalue weighted by Gasteiger charge is -2.35. The molecule has 140 valence electrons. The van der Waals surface area contributed by atoms with Gasteiger partial charge in [0, 0.05) is 11.5 Å². The number of rotatable bonds is 5. The number of carbonyl (C=O) groups is 2. The summed E-state index contributed by atoms with van der Waals surface area (Å²) in [7, 11) is 0. The summed E-state index contributed by atoms with van der Waals surface area (Å²) >= 11 is 0. The van der Waals surface area contributed by atoms with E-state index in [1.54, 1.807) is 54.6 Å². The summed E-state index contributed by atoms with van der Waals surface area (Å²) in [6.45, 7) is 0. The molecule has 1 fully saturated rings. The summed E-state index contributed by atoms with van der Waals surface area (Å²) in [5, 5.41) is 10.1. The highest BCUT2D eigenvalue weighted by Gasteiger charge is 2.52. The first kappa shape index (κ1) is 22.2. The Bertz CT molecular complexity index is 717. The maximum absolute atomic E-state index is 12.6. The first-order valence-electron chi connectivity index (χ1n) is 8.22. The largest absolute Gasteiger partial charge is 0.478 e. The lowest BCUT2D eigenvalue weighted by atomic mass is 9.79. The maximum atomic E-state index is 12.6. The van der Waals surface area contributed by atoms with Crippen molar-refractivity contribution in [1.82, 2.24) is 0 Å². The third-order valence-corrected chi connectivity index (χ3v) is 4.71. The Morgan fingerprint density at radius 2 is 1.42 bits per heavy atom. The number of carboxylic acid groups (broad SMARTS) is 1. The van der Waals surface area contributed by atoms with Crippen molar-refractivity contribution < 1.29 is 19.4 Å². The molecular weight excluding hydrogens is 420 g/mol. The molecule has 1 atom stereocenters. The second-order valence-corrected chi connectivity index (χ2v) is 6.14. The van der Waals surface area contributed by atoms with Gasteiger partial charge in [0.2, 0.25) is 5.60 Å². The van der Waals surface area contributed by atoms with Gasteiger partial charge in [-0.25, -0.2) is 9.59 Å². The van der Waals surface area contributed by atoms with Crippen LogP contribution in [0.15, 0.2) is 60.7 Å². The molecule has 1 saturated carbocycles. The normalized spacial score (nSPS) is 15.8. The predicted molar refractivity (Wildman–Crippen MR) is 107 cm³/mol. The predicted octanol–water partition coefficient (Wildman–Crippen LogP) is 5.01. The summed E-state index contributed by atoms with van der Waals surface area (Å²) in [6.07, 6.45) is 3.39. The number of ether oxygens (including phenoxy) is 1. The Kier molecular flexibility index (Phi) is 8.31. The minimum atomic E-state index is -1.63. The molecule has 6 heteroatoms. The molecule has 1 unspecified atom stereocenters. The van der Waals surface area contributed by atoms with Crippen molar-refractivity contribution >= 4 is 41.3 Å². The first-order chi connectivity index (χ1) is 11.6. The standard InChI is InChI=1S/C20H20O4.BrH.ClH/c21-18(15-9-3-1-4-10-15)24-20(19(22)23,17-13-7-8-14-17)16-11-5-2-6-12-16;;/h1-6,9-12,17H,7-8,13-14H2,(H,22,23);2*1H. The number of esters is 1. The van der Waals surface area contributed by atoms with E-state index < -0.39 is 17.5 Å². The van der Waals surface area contributed by atoms with E-state index in [0.29, 0.717) is 11.1 Å². The minimum Gasteiger partial charge on any atom is -0.478 e. The van der Waals surface area contributed by atoms with Gasteiger partial charge in [-0.15, -0.1) is 29.4 Å². The van der Waals surface area contributed by atoms with Gasteiger partial charge in [-0.2, -0.15) is 0 Å². The Hall–Kier alpha value is -1.85. The number of carbonyl (C=O) groups excluding carboxylic acids is 1. The number of halogens is 2. The summed E-state index contributed by atoms with van der Waals surface area (Å²) < 4.78 is 5.72. The average molecular weight is 442 g/mol. The Labute approximate surface area is 169 Å². The van der Waals surface area contributed by atoms with Crippen LogP contribution < -0.4 is 0 Å². The number of carboxylic acids is 1. The van der Waals surface area contributed by atoms with Crippen molar-refractivity contribution in [3.05, 3.63) is 71.8 Å². The number of benzene rings is 2. The summed E-state index contributed by atoms with van der Waals surface area (Å²) in [5.41, 5.74) is -0.754. The average Bonchev–Trinajstić information content (AvgIpc) is 3.15. The van der Waals surface area contributed by atoms with Crippen LogP contribution in [0.3, 0.4) is 0 Å². The van der Waals surface area contributed by atoms with Gasteiger partial charge >= 0.3 is 11.9 Å². The van der Waals surface area contributed by atoms with Crippen LogP contribution >= 0.6 is 29.4 Å². The van der Waals surface area contributed by atoms with E-state index in [1.807, 2.05) is 6.07 Å².